The molecule has 0 aromatic heterocycles. The summed E-state index contributed by atoms with van der Waals surface area (Å²) in [4.78, 5) is 14.7. The van der Waals surface area contributed by atoms with Crippen LogP contribution in [0.25, 0.3) is 0 Å². The molecule has 4 unspecified atom stereocenters. The Morgan fingerprint density at radius 1 is 0.444 bits per heavy atom. The lowest BCUT2D eigenvalue weighted by Gasteiger charge is -2.13. The summed E-state index contributed by atoms with van der Waals surface area (Å²) in [7, 11) is 27.8. The quantitative estimate of drug-likeness (QED) is 0.0776. The molecule has 4 aromatic rings. The number of benzene rings is 4. The number of nitrogens with one attached hydrogen (secondary N) is 2. The maximum Gasteiger partial charge on any atom is 0.110 e. The summed E-state index contributed by atoms with van der Waals surface area (Å²) in [6.45, 7) is 8.65. The van der Waals surface area contributed by atoms with E-state index >= 15 is 0 Å². The van der Waals surface area contributed by atoms with Crippen molar-refractivity contribution in [3.05, 3.63) is 119 Å². The monoisotopic (exact) mass is 1050 g/mol. The van der Waals surface area contributed by atoms with E-state index in [0.717, 1.165) is 50.1 Å². The summed E-state index contributed by atoms with van der Waals surface area (Å²) >= 11 is 10.4. The van der Waals surface area contributed by atoms with Crippen molar-refractivity contribution in [2.24, 2.45) is 21.5 Å². The topological polar surface area (TPSA) is 225 Å². The number of nitrogens with two attached hydrogens (primary N) is 2. The Hall–Kier alpha value is -4.80. The zero-order valence-electron chi connectivity index (χ0n) is 47.7. The number of likely N-dealkylation sites (N-methyl/N-ethyl adjacent to an activating group) is 2. The fourth-order valence-corrected chi connectivity index (χ4v) is 7.22. The summed E-state index contributed by atoms with van der Waals surface area (Å²) in [5.74, 6) is 3.87. The normalized spacial score (nSPS) is 16.6. The van der Waals surface area contributed by atoms with Crippen molar-refractivity contribution in [1.82, 2.24) is 0 Å². The SMILES string of the molecule is CC1C(=S)N(C)c2ccccc21.CC1C(=S)Nc2ccccc21.CN.CN.CN=C1C(C)c2ccccc2N1C.CN=C1Nc2ccccc2C1C.CO.CO.CO.CO.COC.COC.COC.COC. The highest BCUT2D eigenvalue weighted by Gasteiger charge is 2.29. The average molecular weight is 1050 g/mol. The minimum atomic E-state index is 0.390. The number of fused-ring (bicyclic) bond motifs is 4. The van der Waals surface area contributed by atoms with Crippen LogP contribution < -0.4 is 31.9 Å². The fraction of sp³-hybridized carbons (Fsp3) is 0.481. The Bertz CT molecular complexity index is 1910. The summed E-state index contributed by atoms with van der Waals surface area (Å²) in [6.07, 6.45) is 0. The van der Waals surface area contributed by atoms with Gasteiger partial charge in [0.15, 0.2) is 0 Å². The largest absolute Gasteiger partial charge is 0.400 e. The van der Waals surface area contributed by atoms with Crippen LogP contribution >= 0.6 is 24.4 Å². The molecule has 4 atom stereocenters. The molecule has 412 valence electrons. The Labute approximate surface area is 446 Å². The second-order valence-electron chi connectivity index (χ2n) is 14.1. The second kappa shape index (κ2) is 52.5. The van der Waals surface area contributed by atoms with Crippen LogP contribution in [0.1, 0.15) is 73.6 Å². The van der Waals surface area contributed by atoms with E-state index in [1.54, 1.807) is 56.9 Å². The first kappa shape index (κ1) is 78.6. The highest BCUT2D eigenvalue weighted by molar-refractivity contribution is 7.81. The molecule has 18 heteroatoms. The molecule has 0 aliphatic carbocycles. The van der Waals surface area contributed by atoms with Crippen molar-refractivity contribution in [2.75, 3.05) is 148 Å². The molecule has 0 saturated carbocycles. The summed E-state index contributed by atoms with van der Waals surface area (Å²) in [5, 5.41) is 34.5. The number of ether oxygens (including phenoxy) is 4. The Balaban J connectivity index is -0.000000176. The number of hydrogen-bond donors (Lipinski definition) is 8. The van der Waals surface area contributed by atoms with Gasteiger partial charge in [0.2, 0.25) is 0 Å². The number of anilines is 4. The van der Waals surface area contributed by atoms with Gasteiger partial charge in [0.05, 0.1) is 9.98 Å². The van der Waals surface area contributed by atoms with E-state index in [4.69, 9.17) is 44.9 Å². The summed E-state index contributed by atoms with van der Waals surface area (Å²) in [6, 6.07) is 33.4. The van der Waals surface area contributed by atoms with E-state index in [-0.39, 0.29) is 0 Å². The molecule has 10 N–H and O–H groups in total. The van der Waals surface area contributed by atoms with Crippen LogP contribution in [0.4, 0.5) is 22.7 Å². The number of rotatable bonds is 0. The van der Waals surface area contributed by atoms with Crippen LogP contribution in [-0.2, 0) is 18.9 Å². The van der Waals surface area contributed by atoms with Gasteiger partial charge in [0.1, 0.15) is 11.7 Å². The summed E-state index contributed by atoms with van der Waals surface area (Å²) in [5.41, 5.74) is 19.3. The lowest BCUT2D eigenvalue weighted by Crippen LogP contribution is -2.23. The van der Waals surface area contributed by atoms with Gasteiger partial charge in [-0.1, -0.05) is 125 Å². The van der Waals surface area contributed by atoms with E-state index in [2.05, 4.69) is 174 Å². The van der Waals surface area contributed by atoms with E-state index in [9.17, 15) is 0 Å². The molecule has 4 aliphatic rings. The lowest BCUT2D eigenvalue weighted by atomic mass is 10.0. The number of aliphatic hydroxyl groups excluding tert-OH is 4. The van der Waals surface area contributed by atoms with Gasteiger partial charge < -0.3 is 71.3 Å². The number of para-hydroxylation sites is 4. The third-order valence-electron chi connectivity index (χ3n) is 9.61. The maximum absolute atomic E-state index is 7.00. The fourth-order valence-electron chi connectivity index (χ4n) is 6.76. The van der Waals surface area contributed by atoms with Crippen molar-refractivity contribution in [3.8, 4) is 0 Å². The van der Waals surface area contributed by atoms with Gasteiger partial charge in [-0.15, -0.1) is 0 Å². The molecule has 0 bridgehead atoms. The molecule has 16 nitrogen and oxygen atoms in total. The molecule has 0 saturated heterocycles. The van der Waals surface area contributed by atoms with Gasteiger partial charge in [-0.05, 0) is 60.6 Å². The van der Waals surface area contributed by atoms with Crippen molar-refractivity contribution < 1.29 is 39.4 Å². The molecule has 4 heterocycles. The third kappa shape index (κ3) is 27.3. The van der Waals surface area contributed by atoms with Crippen molar-refractivity contribution in [1.29, 1.82) is 0 Å². The third-order valence-corrected chi connectivity index (χ3v) is 10.7. The van der Waals surface area contributed by atoms with Gasteiger partial charge in [0, 0.05) is 160 Å². The van der Waals surface area contributed by atoms with Crippen LogP contribution in [-0.4, -0.2) is 170 Å². The van der Waals surface area contributed by atoms with Gasteiger partial charge in [-0.25, -0.2) is 0 Å². The van der Waals surface area contributed by atoms with Crippen LogP contribution in [0.15, 0.2) is 107 Å². The van der Waals surface area contributed by atoms with E-state index in [0.29, 0.717) is 23.7 Å². The van der Waals surface area contributed by atoms with Crippen LogP contribution in [0, 0.1) is 0 Å². The first-order valence-electron chi connectivity index (χ1n) is 22.7. The number of hydrogen-bond acceptors (Lipinski definition) is 14. The molecule has 0 amide bonds. The van der Waals surface area contributed by atoms with Crippen LogP contribution in [0.5, 0.6) is 0 Å². The molecule has 4 aromatic carbocycles. The molecular weight excluding hydrogens is 953 g/mol. The van der Waals surface area contributed by atoms with Crippen molar-refractivity contribution >= 4 is 68.8 Å². The lowest BCUT2D eigenvalue weighted by molar-refractivity contribution is 0.277. The zero-order chi connectivity index (χ0) is 57.4. The number of nitrogens with zero attached hydrogens (tertiary/aromatic N) is 4. The predicted molar refractivity (Wildman–Crippen MR) is 320 cm³/mol. The minimum absolute atomic E-state index is 0.390. The molecule has 0 spiro atoms. The molecular formula is C54H96N8O8S2. The van der Waals surface area contributed by atoms with Crippen LogP contribution in [0.2, 0.25) is 0 Å². The van der Waals surface area contributed by atoms with Crippen molar-refractivity contribution in [3.63, 3.8) is 0 Å². The number of aliphatic imine (C=N–C) groups is 2. The van der Waals surface area contributed by atoms with Gasteiger partial charge in [-0.3, -0.25) is 9.98 Å². The number of methoxy groups -OCH3 is 4. The van der Waals surface area contributed by atoms with Gasteiger partial charge in [-0.2, -0.15) is 0 Å². The second-order valence-corrected chi connectivity index (χ2v) is 14.9. The van der Waals surface area contributed by atoms with E-state index in [1.165, 1.54) is 59.1 Å². The van der Waals surface area contributed by atoms with Gasteiger partial charge >= 0.3 is 0 Å². The molecule has 8 rings (SSSR count). The standard InChI is InChI=1S/C11H14N2.C10H12N2.C10H11NS.C9H9NS.4C2H6O.2CH5N.4CH4O/c1-8-9-6-4-5-7-10(9)13(3)11(8)12-2;1-7-8-5-3-4-6-9(8)12-10(7)11-2;1-7-8-5-3-4-6-9(8)11(2)10(7)12;1-6-7-4-2-3-5-8(7)10-9(6)11;4*1-3-2;6*1-2/h4-8H,1-3H3;3-7H,1-2H3,(H,11,12);3-7H,1-2H3;2-6H,1H3,(H,10,11);4*1-2H3;2*2H2,1H3;4*2H,1H3. The Kier molecular flexibility index (Phi) is 57.4. The number of thiocarbonyl (C=S) groups is 2. The van der Waals surface area contributed by atoms with E-state index in [1.807, 2.05) is 39.3 Å². The Morgan fingerprint density at radius 2 is 0.750 bits per heavy atom. The zero-order valence-corrected chi connectivity index (χ0v) is 49.4. The minimum Gasteiger partial charge on any atom is -0.400 e. The van der Waals surface area contributed by atoms with Crippen LogP contribution in [0.3, 0.4) is 0 Å². The number of amidine groups is 2. The molecule has 72 heavy (non-hydrogen) atoms. The molecule has 4 aliphatic heterocycles. The molecule has 0 radical (unpaired) electrons. The maximum atomic E-state index is 7.00. The first-order chi connectivity index (χ1) is 34.7. The smallest absolute Gasteiger partial charge is 0.110 e. The highest BCUT2D eigenvalue weighted by Crippen LogP contribution is 2.37. The average Bonchev–Trinajstić information content (AvgIpc) is 4.08. The Morgan fingerprint density at radius 3 is 1.07 bits per heavy atom. The molecule has 0 fully saturated rings. The summed E-state index contributed by atoms with van der Waals surface area (Å²) < 4.78 is 17.0. The highest BCUT2D eigenvalue weighted by atomic mass is 32.1. The number of aliphatic hydroxyl groups is 4. The van der Waals surface area contributed by atoms with Crippen molar-refractivity contribution in [2.45, 2.75) is 51.4 Å². The van der Waals surface area contributed by atoms with Gasteiger partial charge in [0.25, 0.3) is 0 Å². The van der Waals surface area contributed by atoms with E-state index < -0.39 is 0 Å². The predicted octanol–water partition coefficient (Wildman–Crippen LogP) is 8.26. The first-order valence-corrected chi connectivity index (χ1v) is 23.5.